The SMILES string of the molecule is COc1cccc(OCC(=O)N(CCO)C2CC2)c1. The summed E-state index contributed by atoms with van der Waals surface area (Å²) in [5.41, 5.74) is 0. The van der Waals surface area contributed by atoms with Gasteiger partial charge in [0.15, 0.2) is 6.61 Å². The molecule has 0 aromatic heterocycles. The van der Waals surface area contributed by atoms with Crippen molar-refractivity contribution in [1.82, 2.24) is 4.90 Å². The highest BCUT2D eigenvalue weighted by atomic mass is 16.5. The summed E-state index contributed by atoms with van der Waals surface area (Å²) in [6.45, 7) is 0.357. The molecule has 0 saturated heterocycles. The van der Waals surface area contributed by atoms with Gasteiger partial charge in [0.1, 0.15) is 11.5 Å². The van der Waals surface area contributed by atoms with E-state index in [9.17, 15) is 4.79 Å². The van der Waals surface area contributed by atoms with Gasteiger partial charge in [-0.25, -0.2) is 0 Å². The molecule has 0 bridgehead atoms. The molecule has 0 unspecified atom stereocenters. The second-order valence-electron chi connectivity index (χ2n) is 4.51. The van der Waals surface area contributed by atoms with Crippen molar-refractivity contribution in [3.63, 3.8) is 0 Å². The normalized spacial score (nSPS) is 14.0. The number of carbonyl (C=O) groups is 1. The largest absolute Gasteiger partial charge is 0.497 e. The Morgan fingerprint density at radius 2 is 2.16 bits per heavy atom. The fraction of sp³-hybridized carbons (Fsp3) is 0.500. The van der Waals surface area contributed by atoms with Gasteiger partial charge in [-0.15, -0.1) is 0 Å². The van der Waals surface area contributed by atoms with Gasteiger partial charge in [-0.05, 0) is 25.0 Å². The van der Waals surface area contributed by atoms with Gasteiger partial charge < -0.3 is 19.5 Å². The molecular weight excluding hydrogens is 246 g/mol. The van der Waals surface area contributed by atoms with Gasteiger partial charge in [0.25, 0.3) is 5.91 Å². The Morgan fingerprint density at radius 3 is 2.79 bits per heavy atom. The minimum atomic E-state index is -0.0839. The number of hydrogen-bond donors (Lipinski definition) is 1. The number of aliphatic hydroxyl groups is 1. The minimum absolute atomic E-state index is 0.0103. The molecule has 0 aliphatic heterocycles. The van der Waals surface area contributed by atoms with Crippen molar-refractivity contribution in [1.29, 1.82) is 0 Å². The molecule has 1 aliphatic carbocycles. The maximum Gasteiger partial charge on any atom is 0.260 e. The van der Waals surface area contributed by atoms with Crippen LogP contribution in [0.25, 0.3) is 0 Å². The van der Waals surface area contributed by atoms with E-state index in [-0.39, 0.29) is 25.2 Å². The van der Waals surface area contributed by atoms with Crippen LogP contribution in [0.5, 0.6) is 11.5 Å². The van der Waals surface area contributed by atoms with Crippen molar-refractivity contribution in [2.45, 2.75) is 18.9 Å². The molecule has 104 valence electrons. The van der Waals surface area contributed by atoms with Crippen LogP contribution in [0, 0.1) is 0 Å². The number of aliphatic hydroxyl groups excluding tert-OH is 1. The van der Waals surface area contributed by atoms with Crippen LogP contribution in [-0.2, 0) is 4.79 Å². The second-order valence-corrected chi connectivity index (χ2v) is 4.51. The first-order valence-corrected chi connectivity index (χ1v) is 6.41. The van der Waals surface area contributed by atoms with Gasteiger partial charge in [0.05, 0.1) is 13.7 Å². The van der Waals surface area contributed by atoms with E-state index >= 15 is 0 Å². The zero-order valence-corrected chi connectivity index (χ0v) is 11.0. The summed E-state index contributed by atoms with van der Waals surface area (Å²) in [6, 6.07) is 7.43. The molecule has 2 rings (SSSR count). The fourth-order valence-corrected chi connectivity index (χ4v) is 1.92. The molecule has 0 spiro atoms. The average molecular weight is 265 g/mol. The summed E-state index contributed by atoms with van der Waals surface area (Å²) in [5, 5.41) is 8.96. The Labute approximate surface area is 112 Å². The molecule has 1 aromatic rings. The lowest BCUT2D eigenvalue weighted by Crippen LogP contribution is -2.38. The molecular formula is C14H19NO4. The van der Waals surface area contributed by atoms with Crippen LogP contribution in [0.15, 0.2) is 24.3 Å². The Kier molecular flexibility index (Phi) is 4.63. The third-order valence-electron chi connectivity index (χ3n) is 3.05. The zero-order chi connectivity index (χ0) is 13.7. The van der Waals surface area contributed by atoms with Crippen LogP contribution in [0.1, 0.15) is 12.8 Å². The Balaban J connectivity index is 1.87. The molecule has 0 heterocycles. The van der Waals surface area contributed by atoms with Gasteiger partial charge in [-0.1, -0.05) is 6.07 Å². The number of hydrogen-bond acceptors (Lipinski definition) is 4. The number of nitrogens with zero attached hydrogens (tertiary/aromatic N) is 1. The van der Waals surface area contributed by atoms with Crippen molar-refractivity contribution >= 4 is 5.91 Å². The molecule has 0 radical (unpaired) electrons. The lowest BCUT2D eigenvalue weighted by Gasteiger charge is -2.21. The topological polar surface area (TPSA) is 59.0 Å². The second kappa shape index (κ2) is 6.43. The third kappa shape index (κ3) is 3.86. The van der Waals surface area contributed by atoms with Crippen molar-refractivity contribution in [2.24, 2.45) is 0 Å². The van der Waals surface area contributed by atoms with Crippen molar-refractivity contribution < 1.29 is 19.4 Å². The van der Waals surface area contributed by atoms with E-state index in [1.165, 1.54) is 0 Å². The monoisotopic (exact) mass is 265 g/mol. The predicted octanol–water partition coefficient (Wildman–Crippen LogP) is 1.06. The highest BCUT2D eigenvalue weighted by Crippen LogP contribution is 2.26. The van der Waals surface area contributed by atoms with Crippen LogP contribution in [0.4, 0.5) is 0 Å². The number of benzene rings is 1. The first-order valence-electron chi connectivity index (χ1n) is 6.41. The van der Waals surface area contributed by atoms with E-state index in [4.69, 9.17) is 14.6 Å². The maximum atomic E-state index is 12.0. The van der Waals surface area contributed by atoms with Crippen LogP contribution >= 0.6 is 0 Å². The summed E-state index contributed by atoms with van der Waals surface area (Å²) in [7, 11) is 1.58. The molecule has 5 heteroatoms. The zero-order valence-electron chi connectivity index (χ0n) is 11.0. The quantitative estimate of drug-likeness (QED) is 0.801. The molecule has 19 heavy (non-hydrogen) atoms. The van der Waals surface area contributed by atoms with Gasteiger partial charge in [0, 0.05) is 18.7 Å². The fourth-order valence-electron chi connectivity index (χ4n) is 1.92. The summed E-state index contributed by atoms with van der Waals surface area (Å²) in [4.78, 5) is 13.7. The molecule has 0 atom stereocenters. The molecule has 1 fully saturated rings. The van der Waals surface area contributed by atoms with Crippen molar-refractivity contribution in [3.05, 3.63) is 24.3 Å². The lowest BCUT2D eigenvalue weighted by atomic mass is 10.3. The Morgan fingerprint density at radius 1 is 1.42 bits per heavy atom. The smallest absolute Gasteiger partial charge is 0.260 e. The highest BCUT2D eigenvalue weighted by molar-refractivity contribution is 5.78. The number of ether oxygens (including phenoxy) is 2. The van der Waals surface area contributed by atoms with Gasteiger partial charge in [0.2, 0.25) is 0 Å². The number of rotatable bonds is 7. The van der Waals surface area contributed by atoms with Gasteiger partial charge in [-0.3, -0.25) is 4.79 Å². The molecule has 1 amide bonds. The molecule has 1 N–H and O–H groups in total. The summed E-state index contributed by atoms with van der Waals surface area (Å²) in [6.07, 6.45) is 2.04. The number of amides is 1. The van der Waals surface area contributed by atoms with E-state index < -0.39 is 0 Å². The van der Waals surface area contributed by atoms with E-state index in [0.717, 1.165) is 12.8 Å². The summed E-state index contributed by atoms with van der Waals surface area (Å²) >= 11 is 0. The maximum absolute atomic E-state index is 12.0. The minimum Gasteiger partial charge on any atom is -0.497 e. The number of carbonyl (C=O) groups excluding carboxylic acids is 1. The van der Waals surface area contributed by atoms with Gasteiger partial charge >= 0.3 is 0 Å². The van der Waals surface area contributed by atoms with Crippen LogP contribution in [0.3, 0.4) is 0 Å². The first kappa shape index (κ1) is 13.7. The summed E-state index contributed by atoms with van der Waals surface area (Å²) < 4.78 is 10.6. The third-order valence-corrected chi connectivity index (χ3v) is 3.05. The number of methoxy groups -OCH3 is 1. The standard InChI is InChI=1S/C14H19NO4/c1-18-12-3-2-4-13(9-12)19-10-14(17)15(7-8-16)11-5-6-11/h2-4,9,11,16H,5-8,10H2,1H3. The van der Waals surface area contributed by atoms with E-state index in [2.05, 4.69) is 0 Å². The Bertz CT molecular complexity index is 431. The lowest BCUT2D eigenvalue weighted by molar-refractivity contribution is -0.134. The van der Waals surface area contributed by atoms with Crippen LogP contribution in [0.2, 0.25) is 0 Å². The predicted molar refractivity (Wildman–Crippen MR) is 70.3 cm³/mol. The highest BCUT2D eigenvalue weighted by Gasteiger charge is 2.32. The van der Waals surface area contributed by atoms with E-state index in [0.29, 0.717) is 18.0 Å². The van der Waals surface area contributed by atoms with Gasteiger partial charge in [-0.2, -0.15) is 0 Å². The van der Waals surface area contributed by atoms with Crippen molar-refractivity contribution in [2.75, 3.05) is 26.9 Å². The average Bonchev–Trinajstić information content (AvgIpc) is 3.27. The van der Waals surface area contributed by atoms with Crippen LogP contribution in [-0.4, -0.2) is 48.8 Å². The molecule has 1 saturated carbocycles. The van der Waals surface area contributed by atoms with E-state index in [1.54, 1.807) is 24.1 Å². The van der Waals surface area contributed by atoms with Crippen molar-refractivity contribution in [3.8, 4) is 11.5 Å². The van der Waals surface area contributed by atoms with Crippen LogP contribution < -0.4 is 9.47 Å². The first-order chi connectivity index (χ1) is 9.24. The molecule has 1 aliphatic rings. The Hall–Kier alpha value is -1.75. The molecule has 5 nitrogen and oxygen atoms in total. The summed E-state index contributed by atoms with van der Waals surface area (Å²) in [5.74, 6) is 1.21. The van der Waals surface area contributed by atoms with E-state index in [1.807, 2.05) is 12.1 Å². The molecule has 1 aromatic carbocycles.